The van der Waals surface area contributed by atoms with Crippen LogP contribution in [0.3, 0.4) is 0 Å². The third-order valence-electron chi connectivity index (χ3n) is 3.38. The molecule has 2 rings (SSSR count). The fourth-order valence-electron chi connectivity index (χ4n) is 2.43. The van der Waals surface area contributed by atoms with E-state index in [0.29, 0.717) is 0 Å². The second-order valence-electron chi connectivity index (χ2n) is 5.18. The van der Waals surface area contributed by atoms with Crippen LogP contribution in [0.25, 0.3) is 0 Å². The first-order valence-electron chi connectivity index (χ1n) is 6.83. The van der Waals surface area contributed by atoms with Gasteiger partial charge in [0.05, 0.1) is 0 Å². The van der Waals surface area contributed by atoms with Crippen LogP contribution < -0.4 is 5.73 Å². The van der Waals surface area contributed by atoms with Crippen molar-refractivity contribution in [1.82, 2.24) is 4.90 Å². The lowest BCUT2D eigenvalue weighted by Gasteiger charge is -2.25. The molecule has 1 saturated carbocycles. The van der Waals surface area contributed by atoms with Crippen molar-refractivity contribution < 1.29 is 0 Å². The van der Waals surface area contributed by atoms with E-state index in [4.69, 9.17) is 5.73 Å². The van der Waals surface area contributed by atoms with Crippen molar-refractivity contribution in [2.75, 3.05) is 13.1 Å². The Morgan fingerprint density at radius 1 is 1.29 bits per heavy atom. The van der Waals surface area contributed by atoms with Gasteiger partial charge in [-0.2, -0.15) is 0 Å². The molecular weight excluding hydrogens is 208 g/mol. The van der Waals surface area contributed by atoms with Crippen LogP contribution in [0, 0.1) is 0 Å². The summed E-state index contributed by atoms with van der Waals surface area (Å²) in [6, 6.07) is 11.7. The van der Waals surface area contributed by atoms with Gasteiger partial charge in [-0.1, -0.05) is 37.3 Å². The molecule has 2 N–H and O–H groups in total. The molecule has 1 unspecified atom stereocenters. The SMILES string of the molecule is CCCN(CC(N)Cc1ccccc1)C1CC1. The minimum absolute atomic E-state index is 0.268. The van der Waals surface area contributed by atoms with Gasteiger partial charge >= 0.3 is 0 Å². The molecule has 0 saturated heterocycles. The molecule has 0 spiro atoms. The molecule has 0 radical (unpaired) electrons. The third-order valence-corrected chi connectivity index (χ3v) is 3.38. The molecule has 0 amide bonds. The van der Waals surface area contributed by atoms with E-state index in [1.54, 1.807) is 0 Å². The summed E-state index contributed by atoms with van der Waals surface area (Å²) < 4.78 is 0. The first-order valence-corrected chi connectivity index (χ1v) is 6.83. The molecule has 0 aliphatic heterocycles. The van der Waals surface area contributed by atoms with Crippen LogP contribution in [-0.4, -0.2) is 30.1 Å². The number of hydrogen-bond acceptors (Lipinski definition) is 2. The summed E-state index contributed by atoms with van der Waals surface area (Å²) in [7, 11) is 0. The van der Waals surface area contributed by atoms with E-state index in [-0.39, 0.29) is 6.04 Å². The van der Waals surface area contributed by atoms with Crippen LogP contribution >= 0.6 is 0 Å². The van der Waals surface area contributed by atoms with Gasteiger partial charge < -0.3 is 5.73 Å². The summed E-state index contributed by atoms with van der Waals surface area (Å²) in [5.41, 5.74) is 7.61. The number of nitrogens with zero attached hydrogens (tertiary/aromatic N) is 1. The molecule has 0 heterocycles. The summed E-state index contributed by atoms with van der Waals surface area (Å²) in [5, 5.41) is 0. The average molecular weight is 232 g/mol. The Balaban J connectivity index is 1.81. The van der Waals surface area contributed by atoms with Crippen molar-refractivity contribution in [1.29, 1.82) is 0 Å². The highest BCUT2D eigenvalue weighted by molar-refractivity contribution is 5.15. The summed E-state index contributed by atoms with van der Waals surface area (Å²) in [4.78, 5) is 2.58. The summed E-state index contributed by atoms with van der Waals surface area (Å²) in [5.74, 6) is 0. The van der Waals surface area contributed by atoms with Gasteiger partial charge in [0.2, 0.25) is 0 Å². The van der Waals surface area contributed by atoms with Gasteiger partial charge in [0.1, 0.15) is 0 Å². The Bertz CT molecular complexity index is 319. The first kappa shape index (κ1) is 12.6. The molecule has 0 aromatic heterocycles. The first-order chi connectivity index (χ1) is 8.29. The Kier molecular flexibility index (Phi) is 4.57. The smallest absolute Gasteiger partial charge is 0.0208 e. The van der Waals surface area contributed by atoms with Gasteiger partial charge in [0.15, 0.2) is 0 Å². The predicted octanol–water partition coefficient (Wildman–Crippen LogP) is 2.43. The predicted molar refractivity (Wildman–Crippen MR) is 73.0 cm³/mol. The fraction of sp³-hybridized carbons (Fsp3) is 0.600. The maximum Gasteiger partial charge on any atom is 0.0208 e. The zero-order valence-electron chi connectivity index (χ0n) is 10.8. The van der Waals surface area contributed by atoms with Crippen molar-refractivity contribution in [2.45, 2.75) is 44.7 Å². The highest BCUT2D eigenvalue weighted by Gasteiger charge is 2.29. The van der Waals surface area contributed by atoms with E-state index >= 15 is 0 Å². The van der Waals surface area contributed by atoms with Crippen molar-refractivity contribution in [3.05, 3.63) is 35.9 Å². The molecule has 0 bridgehead atoms. The number of benzene rings is 1. The maximum absolute atomic E-state index is 6.26. The Morgan fingerprint density at radius 2 is 2.00 bits per heavy atom. The quantitative estimate of drug-likeness (QED) is 0.782. The van der Waals surface area contributed by atoms with E-state index in [2.05, 4.69) is 42.2 Å². The molecule has 94 valence electrons. The van der Waals surface area contributed by atoms with E-state index in [0.717, 1.165) is 19.0 Å². The van der Waals surface area contributed by atoms with Crippen LogP contribution in [0.2, 0.25) is 0 Å². The molecule has 2 nitrogen and oxygen atoms in total. The number of rotatable bonds is 7. The van der Waals surface area contributed by atoms with Gasteiger partial charge in [-0.25, -0.2) is 0 Å². The lowest BCUT2D eigenvalue weighted by Crippen LogP contribution is -2.40. The second-order valence-corrected chi connectivity index (χ2v) is 5.18. The van der Waals surface area contributed by atoms with Gasteiger partial charge in [-0.15, -0.1) is 0 Å². The molecule has 1 fully saturated rings. The van der Waals surface area contributed by atoms with Gasteiger partial charge in [0, 0.05) is 18.6 Å². The van der Waals surface area contributed by atoms with Gasteiger partial charge in [-0.05, 0) is 37.8 Å². The molecule has 1 aliphatic rings. The Hall–Kier alpha value is -0.860. The van der Waals surface area contributed by atoms with Crippen LogP contribution in [-0.2, 0) is 6.42 Å². The van der Waals surface area contributed by atoms with Gasteiger partial charge in [0.25, 0.3) is 0 Å². The molecule has 2 heteroatoms. The van der Waals surface area contributed by atoms with Crippen molar-refractivity contribution in [3.63, 3.8) is 0 Å². The molecule has 1 aromatic carbocycles. The van der Waals surface area contributed by atoms with Crippen LogP contribution in [0.1, 0.15) is 31.7 Å². The third kappa shape index (κ3) is 4.14. The summed E-state index contributed by atoms with van der Waals surface area (Å²) >= 11 is 0. The fourth-order valence-corrected chi connectivity index (χ4v) is 2.43. The zero-order valence-corrected chi connectivity index (χ0v) is 10.8. The summed E-state index contributed by atoms with van der Waals surface area (Å²) in [6.45, 7) is 4.50. The number of nitrogens with two attached hydrogens (primary N) is 1. The average Bonchev–Trinajstić information content (AvgIpc) is 3.13. The minimum atomic E-state index is 0.268. The molecule has 1 aromatic rings. The standard InChI is InChI=1S/C15H24N2/c1-2-10-17(15-8-9-15)12-14(16)11-13-6-4-3-5-7-13/h3-7,14-15H,2,8-12,16H2,1H3. The maximum atomic E-state index is 6.26. The second kappa shape index (κ2) is 6.18. The molecule has 17 heavy (non-hydrogen) atoms. The van der Waals surface area contributed by atoms with Crippen molar-refractivity contribution in [2.24, 2.45) is 5.73 Å². The Morgan fingerprint density at radius 3 is 2.59 bits per heavy atom. The van der Waals surface area contributed by atoms with E-state index in [1.165, 1.54) is 31.4 Å². The van der Waals surface area contributed by atoms with Gasteiger partial charge in [-0.3, -0.25) is 4.90 Å². The lowest BCUT2D eigenvalue weighted by molar-refractivity contribution is 0.246. The Labute approximate surface area is 105 Å². The molecule has 1 aliphatic carbocycles. The van der Waals surface area contributed by atoms with Crippen LogP contribution in [0.15, 0.2) is 30.3 Å². The van der Waals surface area contributed by atoms with Crippen LogP contribution in [0.4, 0.5) is 0 Å². The van der Waals surface area contributed by atoms with E-state index < -0.39 is 0 Å². The minimum Gasteiger partial charge on any atom is -0.326 e. The highest BCUT2D eigenvalue weighted by atomic mass is 15.2. The van der Waals surface area contributed by atoms with Crippen molar-refractivity contribution >= 4 is 0 Å². The highest BCUT2D eigenvalue weighted by Crippen LogP contribution is 2.27. The lowest BCUT2D eigenvalue weighted by atomic mass is 10.1. The van der Waals surface area contributed by atoms with E-state index in [9.17, 15) is 0 Å². The summed E-state index contributed by atoms with van der Waals surface area (Å²) in [6.07, 6.45) is 4.97. The largest absolute Gasteiger partial charge is 0.326 e. The number of hydrogen-bond donors (Lipinski definition) is 1. The normalized spacial score (nSPS) is 17.4. The molecule has 1 atom stereocenters. The zero-order chi connectivity index (χ0) is 12.1. The van der Waals surface area contributed by atoms with E-state index in [1.807, 2.05) is 0 Å². The topological polar surface area (TPSA) is 29.3 Å². The molecular formula is C15H24N2. The van der Waals surface area contributed by atoms with Crippen molar-refractivity contribution in [3.8, 4) is 0 Å². The van der Waals surface area contributed by atoms with Crippen LogP contribution in [0.5, 0.6) is 0 Å². The monoisotopic (exact) mass is 232 g/mol.